The zero-order valence-corrected chi connectivity index (χ0v) is 8.92. The molecule has 2 unspecified atom stereocenters. The first-order valence-electron chi connectivity index (χ1n) is 5.67. The number of hydrogen-bond donors (Lipinski definition) is 1. The van der Waals surface area contributed by atoms with Crippen molar-refractivity contribution in [3.63, 3.8) is 0 Å². The Labute approximate surface area is 93.3 Å². The molecule has 1 aromatic carbocycles. The fraction of sp³-hybridized carbons (Fsp3) is 0.500. The van der Waals surface area contributed by atoms with Crippen molar-refractivity contribution in [1.82, 2.24) is 10.2 Å². The van der Waals surface area contributed by atoms with E-state index in [-0.39, 0.29) is 0 Å². The van der Waals surface area contributed by atoms with E-state index in [1.165, 1.54) is 18.6 Å². The fourth-order valence-electron chi connectivity index (χ4n) is 2.74. The second-order valence-electron chi connectivity index (χ2n) is 4.58. The lowest BCUT2D eigenvalue weighted by molar-refractivity contribution is 0.238. The maximum absolute atomic E-state index is 13.1. The first-order valence-corrected chi connectivity index (χ1v) is 5.67. The SMILES string of the molecule is Fc1ccc(CN2C3CCC2NC3)cc1F. The van der Waals surface area contributed by atoms with Crippen molar-refractivity contribution in [2.75, 3.05) is 6.54 Å². The second-order valence-corrected chi connectivity index (χ2v) is 4.58. The predicted molar refractivity (Wildman–Crippen MR) is 56.7 cm³/mol. The lowest BCUT2D eigenvalue weighted by Gasteiger charge is -2.20. The van der Waals surface area contributed by atoms with Gasteiger partial charge in [-0.2, -0.15) is 0 Å². The Hall–Kier alpha value is -1.00. The van der Waals surface area contributed by atoms with E-state index >= 15 is 0 Å². The molecule has 2 aliphatic rings. The van der Waals surface area contributed by atoms with Gasteiger partial charge in [0.1, 0.15) is 0 Å². The van der Waals surface area contributed by atoms with Gasteiger partial charge in [0.25, 0.3) is 0 Å². The number of piperidine rings is 1. The molecule has 0 saturated carbocycles. The minimum atomic E-state index is -0.772. The number of nitrogens with one attached hydrogen (secondary N) is 1. The Balaban J connectivity index is 1.77. The number of benzene rings is 1. The number of fused-ring (bicyclic) bond motifs is 2. The second kappa shape index (κ2) is 3.79. The van der Waals surface area contributed by atoms with Crippen molar-refractivity contribution in [2.45, 2.75) is 31.6 Å². The van der Waals surface area contributed by atoms with Gasteiger partial charge in [-0.1, -0.05) is 6.07 Å². The Bertz CT molecular complexity index is 388. The largest absolute Gasteiger partial charge is 0.300 e. The quantitative estimate of drug-likeness (QED) is 0.824. The summed E-state index contributed by atoms with van der Waals surface area (Å²) < 4.78 is 25.8. The van der Waals surface area contributed by atoms with Crippen molar-refractivity contribution in [1.29, 1.82) is 0 Å². The first-order chi connectivity index (χ1) is 7.74. The molecule has 0 aliphatic carbocycles. The van der Waals surface area contributed by atoms with Crippen LogP contribution in [0.25, 0.3) is 0 Å². The van der Waals surface area contributed by atoms with E-state index in [0.717, 1.165) is 18.5 Å². The van der Waals surface area contributed by atoms with E-state index in [0.29, 0.717) is 18.8 Å². The van der Waals surface area contributed by atoms with Crippen LogP contribution in [-0.2, 0) is 6.54 Å². The van der Waals surface area contributed by atoms with Gasteiger partial charge in [-0.3, -0.25) is 4.90 Å². The number of hydrogen-bond acceptors (Lipinski definition) is 2. The lowest BCUT2D eigenvalue weighted by Crippen LogP contribution is -2.32. The van der Waals surface area contributed by atoms with Crippen LogP contribution in [-0.4, -0.2) is 23.7 Å². The number of nitrogens with zero attached hydrogens (tertiary/aromatic N) is 1. The van der Waals surface area contributed by atoms with Crippen molar-refractivity contribution in [3.8, 4) is 0 Å². The van der Waals surface area contributed by atoms with E-state index in [1.807, 2.05) is 0 Å². The summed E-state index contributed by atoms with van der Waals surface area (Å²) in [4.78, 5) is 2.34. The molecule has 2 fully saturated rings. The van der Waals surface area contributed by atoms with Crippen LogP contribution in [0.5, 0.6) is 0 Å². The molecule has 2 nitrogen and oxygen atoms in total. The van der Waals surface area contributed by atoms with Crippen LogP contribution in [0.15, 0.2) is 18.2 Å². The highest BCUT2D eigenvalue weighted by atomic mass is 19.2. The molecule has 86 valence electrons. The molecule has 2 atom stereocenters. The predicted octanol–water partition coefficient (Wildman–Crippen LogP) is 1.86. The summed E-state index contributed by atoms with van der Waals surface area (Å²) >= 11 is 0. The van der Waals surface area contributed by atoms with Gasteiger partial charge in [-0.25, -0.2) is 8.78 Å². The number of halogens is 2. The van der Waals surface area contributed by atoms with Gasteiger partial charge in [-0.05, 0) is 30.5 Å². The molecule has 4 heteroatoms. The molecule has 0 spiro atoms. The minimum Gasteiger partial charge on any atom is -0.300 e. The molecule has 3 rings (SSSR count). The van der Waals surface area contributed by atoms with Gasteiger partial charge in [-0.15, -0.1) is 0 Å². The molecular weight excluding hydrogens is 210 g/mol. The summed E-state index contributed by atoms with van der Waals surface area (Å²) in [5.74, 6) is -1.52. The molecule has 0 aromatic heterocycles. The molecule has 1 aromatic rings. The third-order valence-corrected chi connectivity index (χ3v) is 3.58. The Morgan fingerprint density at radius 1 is 1.25 bits per heavy atom. The summed E-state index contributed by atoms with van der Waals surface area (Å²) in [7, 11) is 0. The van der Waals surface area contributed by atoms with Gasteiger partial charge in [0.2, 0.25) is 0 Å². The van der Waals surface area contributed by atoms with E-state index in [4.69, 9.17) is 0 Å². The third-order valence-electron chi connectivity index (χ3n) is 3.58. The Morgan fingerprint density at radius 3 is 2.69 bits per heavy atom. The van der Waals surface area contributed by atoms with Crippen LogP contribution < -0.4 is 5.32 Å². The normalized spacial score (nSPS) is 28.9. The van der Waals surface area contributed by atoms with Crippen LogP contribution in [0.3, 0.4) is 0 Å². The van der Waals surface area contributed by atoms with Gasteiger partial charge < -0.3 is 5.32 Å². The van der Waals surface area contributed by atoms with E-state index in [2.05, 4.69) is 10.2 Å². The van der Waals surface area contributed by atoms with Crippen molar-refractivity contribution in [3.05, 3.63) is 35.4 Å². The monoisotopic (exact) mass is 224 g/mol. The van der Waals surface area contributed by atoms with E-state index in [9.17, 15) is 8.78 Å². The first kappa shape index (κ1) is 10.2. The van der Waals surface area contributed by atoms with Crippen LogP contribution >= 0.6 is 0 Å². The molecule has 0 radical (unpaired) electrons. The fourth-order valence-corrected chi connectivity index (χ4v) is 2.74. The molecule has 16 heavy (non-hydrogen) atoms. The molecule has 2 aliphatic heterocycles. The van der Waals surface area contributed by atoms with Crippen LogP contribution in [0.4, 0.5) is 8.78 Å². The summed E-state index contributed by atoms with van der Waals surface area (Å²) in [6.45, 7) is 1.73. The van der Waals surface area contributed by atoms with Gasteiger partial charge in [0.05, 0.1) is 6.17 Å². The Kier molecular flexibility index (Phi) is 2.41. The highest BCUT2D eigenvalue weighted by Gasteiger charge is 2.38. The summed E-state index contributed by atoms with van der Waals surface area (Å²) in [5.41, 5.74) is 0.847. The minimum absolute atomic E-state index is 0.429. The van der Waals surface area contributed by atoms with Crippen LogP contribution in [0, 0.1) is 11.6 Å². The highest BCUT2D eigenvalue weighted by molar-refractivity contribution is 5.18. The molecule has 1 N–H and O–H groups in total. The third kappa shape index (κ3) is 1.62. The van der Waals surface area contributed by atoms with Gasteiger partial charge >= 0.3 is 0 Å². The van der Waals surface area contributed by atoms with Crippen LogP contribution in [0.1, 0.15) is 18.4 Å². The zero-order valence-electron chi connectivity index (χ0n) is 8.92. The van der Waals surface area contributed by atoms with Crippen molar-refractivity contribution < 1.29 is 8.78 Å². The lowest BCUT2D eigenvalue weighted by atomic mass is 10.1. The smallest absolute Gasteiger partial charge is 0.159 e. The van der Waals surface area contributed by atoms with E-state index in [1.54, 1.807) is 6.07 Å². The molecule has 2 heterocycles. The molecule has 2 bridgehead atoms. The average Bonchev–Trinajstić information content (AvgIpc) is 2.84. The summed E-state index contributed by atoms with van der Waals surface area (Å²) in [6.07, 6.45) is 2.80. The van der Waals surface area contributed by atoms with Crippen molar-refractivity contribution >= 4 is 0 Å². The standard InChI is InChI=1S/C12H14F2N2/c13-10-3-1-8(5-11(10)14)7-16-9-2-4-12(16)15-6-9/h1,3,5,9,12,15H,2,4,6-7H2. The van der Waals surface area contributed by atoms with Gasteiger partial charge in [0, 0.05) is 19.1 Å². The summed E-state index contributed by atoms with van der Waals surface area (Å²) in [6, 6.07) is 4.73. The molecule has 0 amide bonds. The Morgan fingerprint density at radius 2 is 2.12 bits per heavy atom. The number of rotatable bonds is 2. The zero-order chi connectivity index (χ0) is 11.1. The van der Waals surface area contributed by atoms with Gasteiger partial charge in [0.15, 0.2) is 11.6 Å². The maximum atomic E-state index is 13.1. The topological polar surface area (TPSA) is 15.3 Å². The summed E-state index contributed by atoms with van der Waals surface area (Å²) in [5, 5.41) is 3.41. The molecular formula is C12H14F2N2. The highest BCUT2D eigenvalue weighted by Crippen LogP contribution is 2.29. The average molecular weight is 224 g/mol. The van der Waals surface area contributed by atoms with Crippen LogP contribution in [0.2, 0.25) is 0 Å². The maximum Gasteiger partial charge on any atom is 0.159 e. The molecule has 2 saturated heterocycles. The van der Waals surface area contributed by atoms with Crippen molar-refractivity contribution in [2.24, 2.45) is 0 Å². The van der Waals surface area contributed by atoms with E-state index < -0.39 is 11.6 Å².